The largest absolute Gasteiger partial charge is 0.197 e. The van der Waals surface area contributed by atoms with Crippen LogP contribution in [0.3, 0.4) is 0 Å². The molecule has 0 N–H and O–H groups in total. The summed E-state index contributed by atoms with van der Waals surface area (Å²) in [4.78, 5) is 0. The van der Waals surface area contributed by atoms with Crippen LogP contribution in [0.15, 0.2) is 0 Å². The summed E-state index contributed by atoms with van der Waals surface area (Å²) in [6.45, 7) is 0. The van der Waals surface area contributed by atoms with Gasteiger partial charge in [-0.1, -0.05) is 12.8 Å². The highest BCUT2D eigenvalue weighted by Gasteiger charge is 2.22. The standard InChI is InChI=1S/C8H10N2/c9-5-8(6-10)4-3-7-1-2-7/h7-8H,1-4H2. The molecule has 1 rings (SSSR count). The molecule has 1 aliphatic rings. The molecule has 10 heavy (non-hydrogen) atoms. The number of hydrogen-bond donors (Lipinski definition) is 0. The quantitative estimate of drug-likeness (QED) is 0.591. The van der Waals surface area contributed by atoms with Crippen molar-refractivity contribution >= 4 is 0 Å². The Morgan fingerprint density at radius 2 is 1.90 bits per heavy atom. The molecular weight excluding hydrogens is 124 g/mol. The second-order valence-electron chi connectivity index (χ2n) is 2.83. The molecule has 0 amide bonds. The van der Waals surface area contributed by atoms with E-state index >= 15 is 0 Å². The third-order valence-electron chi connectivity index (χ3n) is 1.87. The van der Waals surface area contributed by atoms with Gasteiger partial charge in [0.25, 0.3) is 0 Å². The summed E-state index contributed by atoms with van der Waals surface area (Å²) >= 11 is 0. The summed E-state index contributed by atoms with van der Waals surface area (Å²) in [5, 5.41) is 16.8. The Labute approximate surface area is 61.1 Å². The van der Waals surface area contributed by atoms with Crippen molar-refractivity contribution < 1.29 is 0 Å². The minimum atomic E-state index is -0.361. The van der Waals surface area contributed by atoms with Gasteiger partial charge in [0.05, 0.1) is 12.1 Å². The minimum Gasteiger partial charge on any atom is -0.197 e. The van der Waals surface area contributed by atoms with Crippen LogP contribution in [-0.2, 0) is 0 Å². The van der Waals surface area contributed by atoms with Crippen LogP contribution in [0.4, 0.5) is 0 Å². The van der Waals surface area contributed by atoms with Crippen LogP contribution in [-0.4, -0.2) is 0 Å². The van der Waals surface area contributed by atoms with Crippen LogP contribution in [0, 0.1) is 34.5 Å². The fraction of sp³-hybridized carbons (Fsp3) is 0.750. The monoisotopic (exact) mass is 134 g/mol. The van der Waals surface area contributed by atoms with Gasteiger partial charge >= 0.3 is 0 Å². The van der Waals surface area contributed by atoms with E-state index in [1.165, 1.54) is 12.8 Å². The number of nitrogens with zero attached hydrogens (tertiary/aromatic N) is 2. The molecule has 0 aliphatic heterocycles. The summed E-state index contributed by atoms with van der Waals surface area (Å²) in [5.41, 5.74) is 0. The van der Waals surface area contributed by atoms with E-state index in [2.05, 4.69) is 0 Å². The van der Waals surface area contributed by atoms with Crippen molar-refractivity contribution in [3.8, 4) is 12.1 Å². The third kappa shape index (κ3) is 2.07. The predicted molar refractivity (Wildman–Crippen MR) is 36.7 cm³/mol. The van der Waals surface area contributed by atoms with E-state index in [9.17, 15) is 0 Å². The highest BCUT2D eigenvalue weighted by molar-refractivity contribution is 4.99. The van der Waals surface area contributed by atoms with E-state index in [1.807, 2.05) is 12.1 Å². The van der Waals surface area contributed by atoms with Crippen molar-refractivity contribution in [2.45, 2.75) is 25.7 Å². The molecule has 2 nitrogen and oxygen atoms in total. The molecule has 0 aromatic carbocycles. The molecule has 1 aliphatic carbocycles. The molecule has 52 valence electrons. The van der Waals surface area contributed by atoms with E-state index in [0.29, 0.717) is 0 Å². The van der Waals surface area contributed by atoms with Crippen molar-refractivity contribution in [3.63, 3.8) is 0 Å². The van der Waals surface area contributed by atoms with Gasteiger partial charge in [-0.2, -0.15) is 10.5 Å². The molecular formula is C8H10N2. The summed E-state index contributed by atoms with van der Waals surface area (Å²) in [5.74, 6) is 0.477. The summed E-state index contributed by atoms with van der Waals surface area (Å²) in [6.07, 6.45) is 4.47. The van der Waals surface area contributed by atoms with Gasteiger partial charge in [0.2, 0.25) is 0 Å². The first-order valence-electron chi connectivity index (χ1n) is 3.66. The Hall–Kier alpha value is -1.02. The van der Waals surface area contributed by atoms with Crippen LogP contribution >= 0.6 is 0 Å². The lowest BCUT2D eigenvalue weighted by molar-refractivity contribution is 0.620. The molecule has 0 unspecified atom stereocenters. The second-order valence-corrected chi connectivity index (χ2v) is 2.83. The van der Waals surface area contributed by atoms with Gasteiger partial charge in [0, 0.05) is 0 Å². The van der Waals surface area contributed by atoms with Crippen molar-refractivity contribution in [2.75, 3.05) is 0 Å². The minimum absolute atomic E-state index is 0.361. The lowest BCUT2D eigenvalue weighted by atomic mass is 10.1. The van der Waals surface area contributed by atoms with Crippen LogP contribution in [0.1, 0.15) is 25.7 Å². The molecule has 1 fully saturated rings. The summed E-state index contributed by atoms with van der Waals surface area (Å²) in [6, 6.07) is 3.95. The van der Waals surface area contributed by atoms with Crippen LogP contribution < -0.4 is 0 Å². The van der Waals surface area contributed by atoms with Crippen LogP contribution in [0.5, 0.6) is 0 Å². The van der Waals surface area contributed by atoms with Gasteiger partial charge in [-0.25, -0.2) is 0 Å². The van der Waals surface area contributed by atoms with E-state index in [0.717, 1.165) is 18.8 Å². The average Bonchev–Trinajstić information content (AvgIpc) is 2.74. The first-order chi connectivity index (χ1) is 4.86. The first-order valence-corrected chi connectivity index (χ1v) is 3.66. The maximum Gasteiger partial charge on any atom is 0.133 e. The molecule has 0 saturated heterocycles. The van der Waals surface area contributed by atoms with Gasteiger partial charge in [-0.15, -0.1) is 0 Å². The first kappa shape index (κ1) is 7.09. The molecule has 0 spiro atoms. The maximum absolute atomic E-state index is 8.39. The molecule has 0 aromatic rings. The Balaban J connectivity index is 2.11. The fourth-order valence-corrected chi connectivity index (χ4v) is 0.967. The smallest absolute Gasteiger partial charge is 0.133 e. The van der Waals surface area contributed by atoms with E-state index in [4.69, 9.17) is 10.5 Å². The van der Waals surface area contributed by atoms with Crippen LogP contribution in [0.25, 0.3) is 0 Å². The lowest BCUT2D eigenvalue weighted by Crippen LogP contribution is -1.92. The molecule has 0 radical (unpaired) electrons. The molecule has 0 heterocycles. The normalized spacial score (nSPS) is 16.3. The van der Waals surface area contributed by atoms with Gasteiger partial charge < -0.3 is 0 Å². The Bertz CT molecular complexity index is 166. The average molecular weight is 134 g/mol. The van der Waals surface area contributed by atoms with Crippen LogP contribution in [0.2, 0.25) is 0 Å². The molecule has 0 aromatic heterocycles. The maximum atomic E-state index is 8.39. The lowest BCUT2D eigenvalue weighted by Gasteiger charge is -1.95. The molecule has 0 atom stereocenters. The number of hydrogen-bond acceptors (Lipinski definition) is 2. The van der Waals surface area contributed by atoms with Crippen molar-refractivity contribution in [3.05, 3.63) is 0 Å². The van der Waals surface area contributed by atoms with E-state index in [1.54, 1.807) is 0 Å². The predicted octanol–water partition coefficient (Wildman–Crippen LogP) is 1.84. The van der Waals surface area contributed by atoms with Gasteiger partial charge in [-0.3, -0.25) is 0 Å². The zero-order valence-electron chi connectivity index (χ0n) is 5.88. The number of rotatable bonds is 3. The van der Waals surface area contributed by atoms with E-state index in [-0.39, 0.29) is 5.92 Å². The van der Waals surface area contributed by atoms with Crippen molar-refractivity contribution in [2.24, 2.45) is 11.8 Å². The zero-order chi connectivity index (χ0) is 7.40. The van der Waals surface area contributed by atoms with Gasteiger partial charge in [0.1, 0.15) is 5.92 Å². The molecule has 2 heteroatoms. The SMILES string of the molecule is N#CC(C#N)CCC1CC1. The van der Waals surface area contributed by atoms with E-state index < -0.39 is 0 Å². The van der Waals surface area contributed by atoms with Gasteiger partial charge in [-0.05, 0) is 18.8 Å². The third-order valence-corrected chi connectivity index (χ3v) is 1.87. The van der Waals surface area contributed by atoms with Crippen molar-refractivity contribution in [1.82, 2.24) is 0 Å². The second kappa shape index (κ2) is 3.22. The van der Waals surface area contributed by atoms with Crippen molar-refractivity contribution in [1.29, 1.82) is 10.5 Å². The summed E-state index contributed by atoms with van der Waals surface area (Å²) < 4.78 is 0. The number of nitriles is 2. The fourth-order valence-electron chi connectivity index (χ4n) is 0.967. The topological polar surface area (TPSA) is 47.6 Å². The Kier molecular flexibility index (Phi) is 2.29. The highest BCUT2D eigenvalue weighted by atomic mass is 14.3. The Morgan fingerprint density at radius 3 is 2.30 bits per heavy atom. The summed E-state index contributed by atoms with van der Waals surface area (Å²) in [7, 11) is 0. The zero-order valence-corrected chi connectivity index (χ0v) is 5.88. The Morgan fingerprint density at radius 1 is 1.30 bits per heavy atom. The molecule has 1 saturated carbocycles. The van der Waals surface area contributed by atoms with Gasteiger partial charge in [0.15, 0.2) is 0 Å². The highest BCUT2D eigenvalue weighted by Crippen LogP contribution is 2.34. The molecule has 0 bridgehead atoms.